The van der Waals surface area contributed by atoms with Crippen LogP contribution < -0.4 is 5.32 Å². The summed E-state index contributed by atoms with van der Waals surface area (Å²) in [5.41, 5.74) is 0.493. The molecule has 1 aliphatic carbocycles. The van der Waals surface area contributed by atoms with Gasteiger partial charge in [-0.15, -0.1) is 0 Å². The summed E-state index contributed by atoms with van der Waals surface area (Å²) >= 11 is 0. The first-order chi connectivity index (χ1) is 10.2. The van der Waals surface area contributed by atoms with Gasteiger partial charge in [0, 0.05) is 32.7 Å². The fraction of sp³-hybridized carbons (Fsp3) is 1.00. The minimum absolute atomic E-state index is 0.293. The van der Waals surface area contributed by atoms with Gasteiger partial charge in [-0.1, -0.05) is 19.8 Å². The van der Waals surface area contributed by atoms with E-state index in [1.54, 1.807) is 0 Å². The number of rotatable bonds is 6. The van der Waals surface area contributed by atoms with Gasteiger partial charge >= 0.3 is 0 Å². The molecule has 2 rings (SSSR count). The van der Waals surface area contributed by atoms with Crippen LogP contribution in [0.25, 0.3) is 0 Å². The Balaban J connectivity index is 1.88. The highest BCUT2D eigenvalue weighted by Crippen LogP contribution is 2.39. The highest BCUT2D eigenvalue weighted by Gasteiger charge is 2.35. The van der Waals surface area contributed by atoms with Gasteiger partial charge in [-0.05, 0) is 50.7 Å². The highest BCUT2D eigenvalue weighted by atomic mass is 16.3. The summed E-state index contributed by atoms with van der Waals surface area (Å²) in [7, 11) is 2.10. The van der Waals surface area contributed by atoms with E-state index in [2.05, 4.69) is 29.1 Å². The van der Waals surface area contributed by atoms with Gasteiger partial charge in [0.1, 0.15) is 0 Å². The van der Waals surface area contributed by atoms with Gasteiger partial charge in [0.2, 0.25) is 0 Å². The normalized spacial score (nSPS) is 33.0. The molecule has 0 aromatic carbocycles. The maximum atomic E-state index is 9.11. The van der Waals surface area contributed by atoms with E-state index in [-0.39, 0.29) is 0 Å². The smallest absolute Gasteiger partial charge is 0.0558 e. The van der Waals surface area contributed by atoms with Crippen molar-refractivity contribution in [2.45, 2.75) is 39.0 Å². The van der Waals surface area contributed by atoms with Crippen molar-refractivity contribution in [3.8, 4) is 0 Å². The zero-order valence-electron chi connectivity index (χ0n) is 14.1. The van der Waals surface area contributed by atoms with Crippen molar-refractivity contribution in [2.75, 3.05) is 59.5 Å². The molecule has 0 aromatic rings. The molecule has 0 bridgehead atoms. The molecule has 2 N–H and O–H groups in total. The van der Waals surface area contributed by atoms with E-state index in [1.807, 2.05) is 0 Å². The van der Waals surface area contributed by atoms with Crippen molar-refractivity contribution < 1.29 is 5.11 Å². The fourth-order valence-corrected chi connectivity index (χ4v) is 4.16. The van der Waals surface area contributed by atoms with Crippen LogP contribution in [0.15, 0.2) is 0 Å². The van der Waals surface area contributed by atoms with E-state index in [0.717, 1.165) is 32.1 Å². The van der Waals surface area contributed by atoms with Crippen LogP contribution in [-0.4, -0.2) is 74.4 Å². The first kappa shape index (κ1) is 17.2. The average Bonchev–Trinajstić information content (AvgIpc) is 2.69. The molecule has 0 unspecified atom stereocenters. The summed E-state index contributed by atoms with van der Waals surface area (Å²) in [6, 6.07) is 0. The lowest BCUT2D eigenvalue weighted by molar-refractivity contribution is 0.0892. The molecule has 0 spiro atoms. The van der Waals surface area contributed by atoms with Crippen LogP contribution in [0.2, 0.25) is 0 Å². The zero-order chi connectivity index (χ0) is 15.1. The van der Waals surface area contributed by atoms with Crippen molar-refractivity contribution in [2.24, 2.45) is 11.3 Å². The highest BCUT2D eigenvalue weighted by molar-refractivity contribution is 4.89. The molecule has 1 aliphatic heterocycles. The van der Waals surface area contributed by atoms with E-state index in [0.29, 0.717) is 12.0 Å². The van der Waals surface area contributed by atoms with Crippen LogP contribution in [0.3, 0.4) is 0 Å². The summed E-state index contributed by atoms with van der Waals surface area (Å²) in [4.78, 5) is 5.10. The van der Waals surface area contributed by atoms with Crippen molar-refractivity contribution in [1.82, 2.24) is 15.1 Å². The van der Waals surface area contributed by atoms with E-state index in [9.17, 15) is 0 Å². The third kappa shape index (κ3) is 5.20. The van der Waals surface area contributed by atoms with Crippen LogP contribution in [0.4, 0.5) is 0 Å². The lowest BCUT2D eigenvalue weighted by Crippen LogP contribution is -2.46. The summed E-state index contributed by atoms with van der Waals surface area (Å²) in [6.45, 7) is 10.6. The molecule has 1 saturated heterocycles. The lowest BCUT2D eigenvalue weighted by Gasteiger charge is -2.42. The Labute approximate surface area is 130 Å². The van der Waals surface area contributed by atoms with Crippen molar-refractivity contribution >= 4 is 0 Å². The molecule has 0 aromatic heterocycles. The molecular formula is C17H35N3O. The summed E-state index contributed by atoms with van der Waals surface area (Å²) < 4.78 is 0. The van der Waals surface area contributed by atoms with Crippen LogP contribution in [0.1, 0.15) is 39.0 Å². The average molecular weight is 297 g/mol. The van der Waals surface area contributed by atoms with Crippen molar-refractivity contribution in [3.05, 3.63) is 0 Å². The van der Waals surface area contributed by atoms with E-state index in [1.165, 1.54) is 51.7 Å². The molecule has 2 fully saturated rings. The quantitative estimate of drug-likeness (QED) is 0.777. The predicted octanol–water partition coefficient (Wildman–Crippen LogP) is 1.40. The van der Waals surface area contributed by atoms with Gasteiger partial charge < -0.3 is 15.3 Å². The number of hydrogen-bond donors (Lipinski definition) is 2. The number of hydrogen-bond acceptors (Lipinski definition) is 4. The number of nitrogens with zero attached hydrogens (tertiary/aromatic N) is 2. The van der Waals surface area contributed by atoms with Gasteiger partial charge in [0.05, 0.1) is 6.61 Å². The Morgan fingerprint density at radius 3 is 2.43 bits per heavy atom. The number of β-amino-alcohol motifs (C(OH)–C–C–N with tert-alkyl or cyclic N) is 1. The largest absolute Gasteiger partial charge is 0.395 e. The Kier molecular flexibility index (Phi) is 6.93. The minimum Gasteiger partial charge on any atom is -0.395 e. The third-order valence-electron chi connectivity index (χ3n) is 5.54. The predicted molar refractivity (Wildman–Crippen MR) is 88.6 cm³/mol. The van der Waals surface area contributed by atoms with Crippen LogP contribution in [0, 0.1) is 11.3 Å². The maximum Gasteiger partial charge on any atom is 0.0558 e. The van der Waals surface area contributed by atoms with E-state index in [4.69, 9.17) is 5.11 Å². The molecule has 1 heterocycles. The van der Waals surface area contributed by atoms with Crippen LogP contribution >= 0.6 is 0 Å². The van der Waals surface area contributed by atoms with Gasteiger partial charge in [0.15, 0.2) is 0 Å². The first-order valence-corrected chi connectivity index (χ1v) is 8.88. The topological polar surface area (TPSA) is 38.7 Å². The third-order valence-corrected chi connectivity index (χ3v) is 5.54. The second-order valence-corrected chi connectivity index (χ2v) is 7.41. The molecule has 4 nitrogen and oxygen atoms in total. The number of nitrogens with one attached hydrogen (secondary N) is 1. The molecule has 0 amide bonds. The zero-order valence-corrected chi connectivity index (χ0v) is 14.1. The van der Waals surface area contributed by atoms with Gasteiger partial charge in [-0.2, -0.15) is 0 Å². The van der Waals surface area contributed by atoms with E-state index >= 15 is 0 Å². The van der Waals surface area contributed by atoms with Gasteiger partial charge in [-0.25, -0.2) is 0 Å². The minimum atomic E-state index is 0.293. The molecular weight excluding hydrogens is 262 g/mol. The van der Waals surface area contributed by atoms with Crippen molar-refractivity contribution in [3.63, 3.8) is 0 Å². The SMILES string of the molecule is CNCC1(CN2CCCN(CCO)CC2)CCC(C)CC1. The summed E-state index contributed by atoms with van der Waals surface area (Å²) in [6.07, 6.45) is 6.79. The second-order valence-electron chi connectivity index (χ2n) is 7.41. The molecule has 4 heteroatoms. The maximum absolute atomic E-state index is 9.11. The van der Waals surface area contributed by atoms with Crippen LogP contribution in [-0.2, 0) is 0 Å². The molecule has 0 atom stereocenters. The number of aliphatic hydroxyl groups excluding tert-OH is 1. The number of aliphatic hydroxyl groups is 1. The monoisotopic (exact) mass is 297 g/mol. The molecule has 124 valence electrons. The first-order valence-electron chi connectivity index (χ1n) is 8.88. The Morgan fingerprint density at radius 2 is 1.76 bits per heavy atom. The molecule has 21 heavy (non-hydrogen) atoms. The Bertz CT molecular complexity index is 290. The molecule has 1 saturated carbocycles. The van der Waals surface area contributed by atoms with Crippen molar-refractivity contribution in [1.29, 1.82) is 0 Å². The standard InChI is InChI=1S/C17H35N3O/c1-16-4-6-17(7-5-16,14-18-2)15-20-9-3-8-19(10-11-20)12-13-21/h16,18,21H,3-15H2,1-2H3. The van der Waals surface area contributed by atoms with Gasteiger partial charge in [0.25, 0.3) is 0 Å². The molecule has 0 radical (unpaired) electrons. The Morgan fingerprint density at radius 1 is 1.10 bits per heavy atom. The summed E-state index contributed by atoms with van der Waals surface area (Å²) in [5, 5.41) is 12.6. The fourth-order valence-electron chi connectivity index (χ4n) is 4.16. The lowest BCUT2D eigenvalue weighted by atomic mass is 9.70. The van der Waals surface area contributed by atoms with Crippen LogP contribution in [0.5, 0.6) is 0 Å². The second kappa shape index (κ2) is 8.47. The van der Waals surface area contributed by atoms with Gasteiger partial charge in [-0.3, -0.25) is 4.90 Å². The molecule has 2 aliphatic rings. The van der Waals surface area contributed by atoms with E-state index < -0.39 is 0 Å². The Hall–Kier alpha value is -0.160. The summed E-state index contributed by atoms with van der Waals surface area (Å²) in [5.74, 6) is 0.916.